The summed E-state index contributed by atoms with van der Waals surface area (Å²) < 4.78 is 5.18. The van der Waals surface area contributed by atoms with E-state index < -0.39 is 0 Å². The monoisotopic (exact) mass is 185 g/mol. The Hall–Kier alpha value is -0.570. The second-order valence-corrected chi connectivity index (χ2v) is 4.27. The molecule has 1 aliphatic rings. The average molecular weight is 185 g/mol. The van der Waals surface area contributed by atoms with Crippen LogP contribution in [-0.2, 0) is 9.53 Å². The predicted octanol–water partition coefficient (Wildman–Crippen LogP) is 1.04. The van der Waals surface area contributed by atoms with Crippen LogP contribution in [0.25, 0.3) is 0 Å². The highest BCUT2D eigenvalue weighted by atomic mass is 16.5. The molecule has 76 valence electrons. The van der Waals surface area contributed by atoms with Gasteiger partial charge in [-0.15, -0.1) is 0 Å². The number of carbonyl (C=O) groups is 1. The highest BCUT2D eigenvalue weighted by Gasteiger charge is 2.30. The van der Waals surface area contributed by atoms with E-state index in [1.807, 2.05) is 13.8 Å². The molecular formula is C10H19NO2. The topological polar surface area (TPSA) is 38.3 Å². The van der Waals surface area contributed by atoms with Crippen molar-refractivity contribution in [3.8, 4) is 0 Å². The number of nitrogens with one attached hydrogen (secondary N) is 1. The third kappa shape index (κ3) is 2.99. The Morgan fingerprint density at radius 3 is 2.69 bits per heavy atom. The summed E-state index contributed by atoms with van der Waals surface area (Å²) in [6.07, 6.45) is 0. The van der Waals surface area contributed by atoms with Gasteiger partial charge in [-0.1, -0.05) is 20.8 Å². The Morgan fingerprint density at radius 2 is 2.23 bits per heavy atom. The predicted molar refractivity (Wildman–Crippen MR) is 51.3 cm³/mol. The van der Waals surface area contributed by atoms with E-state index in [2.05, 4.69) is 12.2 Å². The highest BCUT2D eigenvalue weighted by Crippen LogP contribution is 2.17. The van der Waals surface area contributed by atoms with Gasteiger partial charge < -0.3 is 10.1 Å². The summed E-state index contributed by atoms with van der Waals surface area (Å²) in [5.41, 5.74) is 0. The number of hydrogen-bond acceptors (Lipinski definition) is 3. The molecule has 0 spiro atoms. The van der Waals surface area contributed by atoms with Gasteiger partial charge in [-0.05, 0) is 18.4 Å². The standard InChI is InChI=1S/C10H19NO2/c1-7(2)6-13-10(12)9-5-11-4-8(9)3/h7-9,11H,4-6H2,1-3H3/t8-,9-/m1/s1. The van der Waals surface area contributed by atoms with E-state index in [0.29, 0.717) is 18.4 Å². The van der Waals surface area contributed by atoms with Crippen molar-refractivity contribution in [1.29, 1.82) is 0 Å². The Bertz CT molecular complexity index is 180. The maximum absolute atomic E-state index is 11.5. The Morgan fingerprint density at radius 1 is 1.54 bits per heavy atom. The molecule has 3 nitrogen and oxygen atoms in total. The summed E-state index contributed by atoms with van der Waals surface area (Å²) in [7, 11) is 0. The molecular weight excluding hydrogens is 166 g/mol. The molecule has 13 heavy (non-hydrogen) atoms. The first kappa shape index (κ1) is 10.5. The van der Waals surface area contributed by atoms with Gasteiger partial charge in [0, 0.05) is 6.54 Å². The summed E-state index contributed by atoms with van der Waals surface area (Å²) in [5, 5.41) is 3.19. The zero-order valence-corrected chi connectivity index (χ0v) is 8.67. The summed E-state index contributed by atoms with van der Waals surface area (Å²) in [6, 6.07) is 0. The summed E-state index contributed by atoms with van der Waals surface area (Å²) in [4.78, 5) is 11.5. The summed E-state index contributed by atoms with van der Waals surface area (Å²) >= 11 is 0. The van der Waals surface area contributed by atoms with Crippen LogP contribution >= 0.6 is 0 Å². The zero-order valence-electron chi connectivity index (χ0n) is 8.67. The van der Waals surface area contributed by atoms with Crippen LogP contribution in [0.5, 0.6) is 0 Å². The molecule has 0 amide bonds. The lowest BCUT2D eigenvalue weighted by Gasteiger charge is -2.14. The molecule has 1 saturated heterocycles. The molecule has 3 heteroatoms. The summed E-state index contributed by atoms with van der Waals surface area (Å²) in [6.45, 7) is 8.43. The van der Waals surface area contributed by atoms with Gasteiger partial charge in [0.15, 0.2) is 0 Å². The smallest absolute Gasteiger partial charge is 0.310 e. The van der Waals surface area contributed by atoms with Crippen molar-refractivity contribution in [3.05, 3.63) is 0 Å². The van der Waals surface area contributed by atoms with Crippen LogP contribution in [0, 0.1) is 17.8 Å². The van der Waals surface area contributed by atoms with E-state index in [1.165, 1.54) is 0 Å². The van der Waals surface area contributed by atoms with Crippen molar-refractivity contribution in [1.82, 2.24) is 5.32 Å². The molecule has 1 aliphatic heterocycles. The van der Waals surface area contributed by atoms with Crippen molar-refractivity contribution in [2.45, 2.75) is 20.8 Å². The second-order valence-electron chi connectivity index (χ2n) is 4.27. The average Bonchev–Trinajstić information content (AvgIpc) is 2.47. The van der Waals surface area contributed by atoms with Gasteiger partial charge in [0.2, 0.25) is 0 Å². The lowest BCUT2D eigenvalue weighted by Crippen LogP contribution is -2.25. The molecule has 2 atom stereocenters. The van der Waals surface area contributed by atoms with Crippen LogP contribution in [0.15, 0.2) is 0 Å². The van der Waals surface area contributed by atoms with E-state index in [1.54, 1.807) is 0 Å². The highest BCUT2D eigenvalue weighted by molar-refractivity contribution is 5.73. The Kier molecular flexibility index (Phi) is 3.72. The van der Waals surface area contributed by atoms with Crippen LogP contribution in [-0.4, -0.2) is 25.7 Å². The van der Waals surface area contributed by atoms with E-state index in [4.69, 9.17) is 4.74 Å². The van der Waals surface area contributed by atoms with Gasteiger partial charge in [-0.3, -0.25) is 4.79 Å². The van der Waals surface area contributed by atoms with E-state index in [9.17, 15) is 4.79 Å². The van der Waals surface area contributed by atoms with Gasteiger partial charge in [0.1, 0.15) is 0 Å². The molecule has 0 saturated carbocycles. The fourth-order valence-corrected chi connectivity index (χ4v) is 1.48. The third-order valence-electron chi connectivity index (χ3n) is 2.38. The summed E-state index contributed by atoms with van der Waals surface area (Å²) in [5.74, 6) is 0.873. The van der Waals surface area contributed by atoms with Crippen molar-refractivity contribution < 1.29 is 9.53 Å². The lowest BCUT2D eigenvalue weighted by atomic mass is 9.99. The van der Waals surface area contributed by atoms with Crippen molar-refractivity contribution in [2.24, 2.45) is 17.8 Å². The SMILES string of the molecule is CC(C)COC(=O)[C@@H]1CNC[C@H]1C. The number of ether oxygens (including phenoxy) is 1. The van der Waals surface area contributed by atoms with E-state index in [-0.39, 0.29) is 11.9 Å². The molecule has 0 aromatic carbocycles. The van der Waals surface area contributed by atoms with E-state index in [0.717, 1.165) is 13.1 Å². The van der Waals surface area contributed by atoms with Crippen molar-refractivity contribution >= 4 is 5.97 Å². The van der Waals surface area contributed by atoms with Gasteiger partial charge >= 0.3 is 5.97 Å². The molecule has 0 aromatic heterocycles. The van der Waals surface area contributed by atoms with Crippen molar-refractivity contribution in [3.63, 3.8) is 0 Å². The maximum atomic E-state index is 11.5. The molecule has 0 aliphatic carbocycles. The molecule has 1 rings (SSSR count). The Balaban J connectivity index is 2.30. The van der Waals surface area contributed by atoms with Gasteiger partial charge in [-0.2, -0.15) is 0 Å². The number of esters is 1. The first-order valence-electron chi connectivity index (χ1n) is 4.98. The van der Waals surface area contributed by atoms with E-state index >= 15 is 0 Å². The molecule has 0 aromatic rings. The first-order valence-corrected chi connectivity index (χ1v) is 4.98. The minimum Gasteiger partial charge on any atom is -0.465 e. The van der Waals surface area contributed by atoms with Crippen LogP contribution in [0.3, 0.4) is 0 Å². The number of hydrogen-bond donors (Lipinski definition) is 1. The molecule has 1 heterocycles. The third-order valence-corrected chi connectivity index (χ3v) is 2.38. The Labute approximate surface area is 79.8 Å². The van der Waals surface area contributed by atoms with Gasteiger partial charge in [0.25, 0.3) is 0 Å². The number of rotatable bonds is 3. The second kappa shape index (κ2) is 4.61. The normalized spacial score (nSPS) is 28.0. The fourth-order valence-electron chi connectivity index (χ4n) is 1.48. The van der Waals surface area contributed by atoms with Crippen LogP contribution in [0.1, 0.15) is 20.8 Å². The molecule has 1 N–H and O–H groups in total. The minimum atomic E-state index is -0.0359. The first-order chi connectivity index (χ1) is 6.11. The molecule has 0 unspecified atom stereocenters. The molecule has 0 bridgehead atoms. The fraction of sp³-hybridized carbons (Fsp3) is 0.900. The van der Waals surface area contributed by atoms with Gasteiger partial charge in [-0.25, -0.2) is 0 Å². The largest absolute Gasteiger partial charge is 0.465 e. The minimum absolute atomic E-state index is 0.0359. The lowest BCUT2D eigenvalue weighted by molar-refractivity contribution is -0.150. The zero-order chi connectivity index (χ0) is 9.84. The van der Waals surface area contributed by atoms with Gasteiger partial charge in [0.05, 0.1) is 12.5 Å². The quantitative estimate of drug-likeness (QED) is 0.668. The van der Waals surface area contributed by atoms with Crippen LogP contribution in [0.4, 0.5) is 0 Å². The number of carbonyl (C=O) groups excluding carboxylic acids is 1. The van der Waals surface area contributed by atoms with Crippen LogP contribution in [0.2, 0.25) is 0 Å². The molecule has 0 radical (unpaired) electrons. The van der Waals surface area contributed by atoms with Crippen LogP contribution < -0.4 is 5.32 Å². The maximum Gasteiger partial charge on any atom is 0.310 e. The van der Waals surface area contributed by atoms with Crippen molar-refractivity contribution in [2.75, 3.05) is 19.7 Å². The molecule has 1 fully saturated rings.